The van der Waals surface area contributed by atoms with Crippen molar-refractivity contribution in [2.75, 3.05) is 9.80 Å². The van der Waals surface area contributed by atoms with Gasteiger partial charge >= 0.3 is 0 Å². The quantitative estimate of drug-likeness (QED) is 0.135. The molecule has 0 radical (unpaired) electrons. The van der Waals surface area contributed by atoms with Gasteiger partial charge in [0.2, 0.25) is 0 Å². The molecule has 2 aliphatic heterocycles. The SMILES string of the molecule is [2H]c1c([2H])c([2H])c2c(c1[2H])c1c([2H])c([2H])c([2H])c([2H])c1n2-c1ccc2c(c1)N(c1c(-c3ccccc3)cc(C(C)(C)C)cc1-c1ccccc1)c1cc(-c3cccc4oc5ccccc5c34)cc3c1B2c1ccc(-n2c4ccc(C(C)(C)C)cc4c4cc(C(C)(C)C)ccc42)cc1N3c1cc(-c2ccccc2)cc(-c2ccccc2)c1. The van der Waals surface area contributed by atoms with Gasteiger partial charge in [0.15, 0.2) is 0 Å². The van der Waals surface area contributed by atoms with Crippen LogP contribution in [-0.2, 0) is 16.2 Å². The summed E-state index contributed by atoms with van der Waals surface area (Å²) in [6.07, 6.45) is 0. The van der Waals surface area contributed by atoms with E-state index in [-0.39, 0.29) is 50.1 Å². The molecule has 0 spiro atoms. The lowest BCUT2D eigenvalue weighted by atomic mass is 9.33. The van der Waals surface area contributed by atoms with Crippen LogP contribution in [0.5, 0.6) is 0 Å². The lowest BCUT2D eigenvalue weighted by molar-refractivity contribution is 0.590. The fourth-order valence-corrected chi connectivity index (χ4v) is 17.2. The van der Waals surface area contributed by atoms with Gasteiger partial charge in [0.05, 0.1) is 38.7 Å². The smallest absolute Gasteiger partial charge is 0.252 e. The second-order valence-electron chi connectivity index (χ2n) is 32.3. The standard InChI is InChI=1S/C102H81BN4O/c1-100(2,3)71-45-51-89-83(58-71)84-59-72(101(4,5)6)46-52-90(84)105(89)74-47-49-85-91(62-74)106(76-54-68(64-29-14-10-15-30-64)53-69(55-76)65-31-16-11-17-32-65)93-56-70(77-40-28-44-96-97(77)80-39-24-27-43-95(80)108-96)57-94-98(93)103(85)86-50-48-75(104-87-41-25-22-37-78(87)79-38-23-26-42-88(79)104)63-92(86)107(94)99-81(66-33-18-12-19-34-66)60-73(102(7,8)9)61-82(99)67-35-20-13-21-36-67/h10-63H,1-9H3/i22D,23D,25D,26D,37D,38D,41D,42D. The summed E-state index contributed by atoms with van der Waals surface area (Å²) in [6.45, 7) is 19.9. The fraction of sp³-hybridized carbons (Fsp3) is 0.118. The summed E-state index contributed by atoms with van der Waals surface area (Å²) in [5.41, 5.74) is 26.2. The van der Waals surface area contributed by atoms with Gasteiger partial charge in [-0.1, -0.05) is 274 Å². The Morgan fingerprint density at radius 1 is 0.296 bits per heavy atom. The second-order valence-corrected chi connectivity index (χ2v) is 32.3. The maximum Gasteiger partial charge on any atom is 0.252 e. The number of hydrogen-bond donors (Lipinski definition) is 0. The molecular weight excluding hydrogens is 1310 g/mol. The van der Waals surface area contributed by atoms with Crippen LogP contribution < -0.4 is 26.2 Å². The highest BCUT2D eigenvalue weighted by molar-refractivity contribution is 7.00. The molecule has 0 saturated heterocycles. The molecule has 0 N–H and O–H groups in total. The first-order valence-corrected chi connectivity index (χ1v) is 37.4. The Bertz CT molecular complexity index is 6930. The molecule has 0 saturated carbocycles. The number of aromatic nitrogens is 2. The third-order valence-electron chi connectivity index (χ3n) is 22.6. The minimum atomic E-state index is -0.546. The molecule has 18 aromatic rings. The number of benzene rings is 15. The molecule has 108 heavy (non-hydrogen) atoms. The average Bonchev–Trinajstić information content (AvgIpc) is 0.972. The van der Waals surface area contributed by atoms with Gasteiger partial charge in [0.25, 0.3) is 6.71 Å². The molecule has 5 nitrogen and oxygen atoms in total. The van der Waals surface area contributed by atoms with Gasteiger partial charge < -0.3 is 23.4 Å². The van der Waals surface area contributed by atoms with Crippen molar-refractivity contribution < 1.29 is 15.4 Å². The van der Waals surface area contributed by atoms with E-state index in [2.05, 4.69) is 338 Å². The maximum atomic E-state index is 9.94. The summed E-state index contributed by atoms with van der Waals surface area (Å²) in [5, 5.41) is 4.27. The Morgan fingerprint density at radius 3 is 1.27 bits per heavy atom. The van der Waals surface area contributed by atoms with E-state index in [1.165, 1.54) is 21.9 Å². The number of furan rings is 1. The number of fused-ring (bicyclic) bond motifs is 13. The number of rotatable bonds is 9. The minimum absolute atomic E-state index is 0.0000399. The topological polar surface area (TPSA) is 29.5 Å². The van der Waals surface area contributed by atoms with Gasteiger partial charge in [0.1, 0.15) is 11.2 Å². The first kappa shape index (κ1) is 56.7. The molecule has 0 bridgehead atoms. The predicted octanol–water partition coefficient (Wildman–Crippen LogP) is 26.1. The van der Waals surface area contributed by atoms with Gasteiger partial charge in [-0.05, 0) is 209 Å². The van der Waals surface area contributed by atoms with Gasteiger partial charge in [-0.25, -0.2) is 0 Å². The monoisotopic (exact) mass is 1400 g/mol. The van der Waals surface area contributed by atoms with Gasteiger partial charge in [-0.2, -0.15) is 0 Å². The normalized spacial score (nSPS) is 14.0. The Balaban J connectivity index is 0.992. The van der Waals surface area contributed by atoms with Crippen LogP contribution in [0.1, 0.15) is 90.0 Å². The van der Waals surface area contributed by atoms with E-state index in [0.717, 1.165) is 150 Å². The van der Waals surface area contributed by atoms with Gasteiger partial charge in [-0.3, -0.25) is 0 Å². The van der Waals surface area contributed by atoms with E-state index in [1.807, 2.05) is 18.2 Å². The van der Waals surface area contributed by atoms with E-state index in [4.69, 9.17) is 7.16 Å². The Kier molecular flexibility index (Phi) is 12.8. The first-order valence-electron chi connectivity index (χ1n) is 41.4. The molecule has 20 rings (SSSR count). The van der Waals surface area contributed by atoms with E-state index in [1.54, 1.807) is 4.57 Å². The van der Waals surface area contributed by atoms with Crippen LogP contribution >= 0.6 is 0 Å². The molecule has 0 atom stereocenters. The molecular formula is C102H81BN4O. The number of hydrogen-bond acceptors (Lipinski definition) is 3. The lowest BCUT2D eigenvalue weighted by Crippen LogP contribution is -2.61. The van der Waals surface area contributed by atoms with Crippen molar-refractivity contribution in [1.29, 1.82) is 0 Å². The van der Waals surface area contributed by atoms with Crippen LogP contribution in [-0.4, -0.2) is 15.8 Å². The molecule has 0 amide bonds. The molecule has 15 aromatic carbocycles. The zero-order chi connectivity index (χ0) is 80.0. The Hall–Kier alpha value is -12.6. The van der Waals surface area contributed by atoms with Crippen molar-refractivity contribution in [2.45, 2.75) is 78.6 Å². The highest BCUT2D eigenvalue weighted by Gasteiger charge is 2.46. The zero-order valence-corrected chi connectivity index (χ0v) is 61.8. The highest BCUT2D eigenvalue weighted by Crippen LogP contribution is 2.55. The van der Waals surface area contributed by atoms with E-state index >= 15 is 0 Å². The van der Waals surface area contributed by atoms with Crippen molar-refractivity contribution in [2.24, 2.45) is 0 Å². The van der Waals surface area contributed by atoms with Crippen molar-refractivity contribution in [3.05, 3.63) is 344 Å². The van der Waals surface area contributed by atoms with Crippen molar-refractivity contribution >= 4 is 123 Å². The zero-order valence-electron chi connectivity index (χ0n) is 69.8. The predicted molar refractivity (Wildman–Crippen MR) is 460 cm³/mol. The number of anilines is 6. The molecule has 3 aromatic heterocycles. The number of para-hydroxylation sites is 3. The highest BCUT2D eigenvalue weighted by atomic mass is 16.3. The molecule has 5 heterocycles. The van der Waals surface area contributed by atoms with E-state index in [9.17, 15) is 8.22 Å². The Morgan fingerprint density at radius 2 is 0.750 bits per heavy atom. The second kappa shape index (κ2) is 24.5. The molecule has 6 heteroatoms. The minimum Gasteiger partial charge on any atom is -0.456 e. The summed E-state index contributed by atoms with van der Waals surface area (Å²) < 4.78 is 87.2. The van der Waals surface area contributed by atoms with E-state index < -0.39 is 43.0 Å². The van der Waals surface area contributed by atoms with Crippen LogP contribution in [0, 0.1) is 0 Å². The largest absolute Gasteiger partial charge is 0.456 e. The van der Waals surface area contributed by atoms with Crippen LogP contribution in [0.15, 0.2) is 332 Å². The maximum absolute atomic E-state index is 9.94. The van der Waals surface area contributed by atoms with Crippen LogP contribution in [0.2, 0.25) is 0 Å². The Labute approximate surface area is 643 Å². The summed E-state index contributed by atoms with van der Waals surface area (Å²) in [6, 6.07) is 97.4. The average molecular weight is 1400 g/mol. The fourth-order valence-electron chi connectivity index (χ4n) is 17.2. The molecule has 0 unspecified atom stereocenters. The third kappa shape index (κ3) is 10.4. The number of nitrogens with zero attached hydrogens (tertiary/aromatic N) is 4. The summed E-state index contributed by atoms with van der Waals surface area (Å²) in [7, 11) is 0. The summed E-state index contributed by atoms with van der Waals surface area (Å²) >= 11 is 0. The van der Waals surface area contributed by atoms with Gasteiger partial charge in [0, 0.05) is 83.3 Å². The summed E-state index contributed by atoms with van der Waals surface area (Å²) in [4.78, 5) is 4.98. The van der Waals surface area contributed by atoms with Crippen LogP contribution in [0.25, 0.3) is 133 Å². The van der Waals surface area contributed by atoms with Gasteiger partial charge in [-0.15, -0.1) is 0 Å². The van der Waals surface area contributed by atoms with Crippen LogP contribution in [0.4, 0.5) is 34.1 Å². The van der Waals surface area contributed by atoms with Crippen molar-refractivity contribution in [1.82, 2.24) is 9.13 Å². The van der Waals surface area contributed by atoms with Crippen molar-refractivity contribution in [3.63, 3.8) is 0 Å². The lowest BCUT2D eigenvalue weighted by Gasteiger charge is -2.45. The van der Waals surface area contributed by atoms with Crippen LogP contribution in [0.3, 0.4) is 0 Å². The van der Waals surface area contributed by atoms with E-state index in [0.29, 0.717) is 5.69 Å². The summed E-state index contributed by atoms with van der Waals surface area (Å²) in [5.74, 6) is 0. The first-order chi connectivity index (χ1) is 55.8. The molecule has 0 fully saturated rings. The van der Waals surface area contributed by atoms with Crippen molar-refractivity contribution in [3.8, 4) is 67.0 Å². The molecule has 0 aliphatic carbocycles. The molecule has 2 aliphatic rings. The third-order valence-corrected chi connectivity index (χ3v) is 22.6. The molecule has 518 valence electrons.